The van der Waals surface area contributed by atoms with Crippen molar-refractivity contribution in [1.29, 1.82) is 0 Å². The molecule has 1 amide bonds. The highest BCUT2D eigenvalue weighted by atomic mass is 32.2. The van der Waals surface area contributed by atoms with Crippen LogP contribution in [0.1, 0.15) is 38.8 Å². The molecule has 2 aromatic rings. The Labute approximate surface area is 189 Å². The van der Waals surface area contributed by atoms with E-state index in [2.05, 4.69) is 5.32 Å². The molecule has 2 atom stereocenters. The van der Waals surface area contributed by atoms with Crippen molar-refractivity contribution in [1.82, 2.24) is 5.32 Å². The molecule has 0 aromatic heterocycles. The average molecular weight is 463 g/mol. The van der Waals surface area contributed by atoms with E-state index < -0.39 is 16.1 Å². The SMILES string of the molecule is CCOc1ccc(N([C@H](CC)C(=O)N[C@H](C)c2ccc3c(c2)OCCO3)S(C)(=O)=O)cc1. The normalized spacial score (nSPS) is 14.9. The molecule has 0 saturated carbocycles. The topological polar surface area (TPSA) is 94.2 Å². The van der Waals surface area contributed by atoms with Gasteiger partial charge in [0.1, 0.15) is 25.0 Å². The molecule has 0 fully saturated rings. The van der Waals surface area contributed by atoms with E-state index in [4.69, 9.17) is 14.2 Å². The minimum Gasteiger partial charge on any atom is -0.494 e. The molecule has 1 N–H and O–H groups in total. The number of sulfonamides is 1. The van der Waals surface area contributed by atoms with Gasteiger partial charge in [0, 0.05) is 0 Å². The Morgan fingerprint density at radius 2 is 1.75 bits per heavy atom. The Hall–Kier alpha value is -2.94. The first kappa shape index (κ1) is 23.7. The third-order valence-electron chi connectivity index (χ3n) is 5.16. The highest BCUT2D eigenvalue weighted by Gasteiger charge is 2.32. The minimum atomic E-state index is -3.72. The zero-order valence-electron chi connectivity index (χ0n) is 18.8. The van der Waals surface area contributed by atoms with Gasteiger partial charge < -0.3 is 19.5 Å². The lowest BCUT2D eigenvalue weighted by atomic mass is 10.1. The van der Waals surface area contributed by atoms with Gasteiger partial charge in [0.2, 0.25) is 15.9 Å². The molecule has 174 valence electrons. The van der Waals surface area contributed by atoms with Crippen molar-refractivity contribution >= 4 is 21.6 Å². The van der Waals surface area contributed by atoms with Gasteiger partial charge in [0.15, 0.2) is 11.5 Å². The van der Waals surface area contributed by atoms with Crippen LogP contribution in [-0.4, -0.2) is 46.4 Å². The summed E-state index contributed by atoms with van der Waals surface area (Å²) < 4.78 is 43.1. The molecule has 0 radical (unpaired) electrons. The number of amides is 1. The molecule has 2 aromatic carbocycles. The summed E-state index contributed by atoms with van der Waals surface area (Å²) in [4.78, 5) is 13.2. The molecule has 0 unspecified atom stereocenters. The smallest absolute Gasteiger partial charge is 0.244 e. The lowest BCUT2D eigenvalue weighted by Crippen LogP contribution is -2.49. The Balaban J connectivity index is 1.81. The lowest BCUT2D eigenvalue weighted by molar-refractivity contribution is -0.122. The third-order valence-corrected chi connectivity index (χ3v) is 6.34. The lowest BCUT2D eigenvalue weighted by Gasteiger charge is -2.31. The summed E-state index contributed by atoms with van der Waals surface area (Å²) in [5.74, 6) is 1.56. The summed E-state index contributed by atoms with van der Waals surface area (Å²) in [5.41, 5.74) is 1.24. The molecule has 3 rings (SSSR count). The van der Waals surface area contributed by atoms with Crippen molar-refractivity contribution in [3.63, 3.8) is 0 Å². The van der Waals surface area contributed by atoms with E-state index >= 15 is 0 Å². The van der Waals surface area contributed by atoms with Crippen molar-refractivity contribution in [2.45, 2.75) is 39.3 Å². The predicted octanol–water partition coefficient (Wildman–Crippen LogP) is 3.28. The second-order valence-corrected chi connectivity index (χ2v) is 9.40. The highest BCUT2D eigenvalue weighted by Crippen LogP contribution is 2.33. The summed E-state index contributed by atoms with van der Waals surface area (Å²) in [7, 11) is -3.72. The third kappa shape index (κ3) is 5.45. The minimum absolute atomic E-state index is 0.306. The molecular formula is C23H30N2O6S. The molecule has 0 spiro atoms. The van der Waals surface area contributed by atoms with E-state index in [0.717, 1.165) is 16.1 Å². The largest absolute Gasteiger partial charge is 0.494 e. The zero-order chi connectivity index (χ0) is 23.3. The van der Waals surface area contributed by atoms with Crippen LogP contribution in [0.5, 0.6) is 17.2 Å². The summed E-state index contributed by atoms with van der Waals surface area (Å²) in [5, 5.41) is 2.94. The standard InChI is InChI=1S/C23H30N2O6S/c1-5-20(25(32(4,27)28)18-8-10-19(11-9-18)29-6-2)23(26)24-16(3)17-7-12-21-22(15-17)31-14-13-30-21/h7-12,15-16,20H,5-6,13-14H2,1-4H3,(H,24,26)/t16-,20-/m1/s1. The fourth-order valence-corrected chi connectivity index (χ4v) is 4.85. The van der Waals surface area contributed by atoms with Crippen molar-refractivity contribution in [2.24, 2.45) is 0 Å². The van der Waals surface area contributed by atoms with Crippen LogP contribution in [-0.2, 0) is 14.8 Å². The average Bonchev–Trinajstić information content (AvgIpc) is 2.77. The zero-order valence-corrected chi connectivity index (χ0v) is 19.6. The van der Waals surface area contributed by atoms with E-state index in [9.17, 15) is 13.2 Å². The Morgan fingerprint density at radius 1 is 1.09 bits per heavy atom. The first-order valence-electron chi connectivity index (χ1n) is 10.7. The van der Waals surface area contributed by atoms with E-state index in [0.29, 0.717) is 49.2 Å². The molecule has 0 aliphatic carbocycles. The van der Waals surface area contributed by atoms with Crippen LogP contribution in [0.25, 0.3) is 0 Å². The van der Waals surface area contributed by atoms with Gasteiger partial charge in [0.25, 0.3) is 0 Å². The number of hydrogen-bond donors (Lipinski definition) is 1. The quantitative estimate of drug-likeness (QED) is 0.615. The van der Waals surface area contributed by atoms with Crippen LogP contribution in [0.15, 0.2) is 42.5 Å². The number of ether oxygens (including phenoxy) is 3. The number of anilines is 1. The molecule has 8 nitrogen and oxygen atoms in total. The number of hydrogen-bond acceptors (Lipinski definition) is 6. The van der Waals surface area contributed by atoms with Gasteiger partial charge >= 0.3 is 0 Å². The summed E-state index contributed by atoms with van der Waals surface area (Å²) >= 11 is 0. The molecule has 0 bridgehead atoms. The molecule has 32 heavy (non-hydrogen) atoms. The first-order chi connectivity index (χ1) is 15.2. The maximum Gasteiger partial charge on any atom is 0.244 e. The fourth-order valence-electron chi connectivity index (χ4n) is 3.64. The maximum absolute atomic E-state index is 13.2. The molecule has 1 heterocycles. The number of carbonyl (C=O) groups excluding carboxylic acids is 1. The van der Waals surface area contributed by atoms with Gasteiger partial charge in [-0.2, -0.15) is 0 Å². The second kappa shape index (κ2) is 10.1. The van der Waals surface area contributed by atoms with Gasteiger partial charge in [-0.05, 0) is 62.2 Å². The number of fused-ring (bicyclic) bond motifs is 1. The number of carbonyl (C=O) groups is 1. The van der Waals surface area contributed by atoms with E-state index in [1.165, 1.54) is 0 Å². The predicted molar refractivity (Wildman–Crippen MR) is 123 cm³/mol. The van der Waals surface area contributed by atoms with E-state index in [1.54, 1.807) is 31.2 Å². The first-order valence-corrected chi connectivity index (χ1v) is 12.5. The Bertz CT molecular complexity index is 1040. The van der Waals surface area contributed by atoms with Gasteiger partial charge in [-0.25, -0.2) is 8.42 Å². The number of nitrogens with one attached hydrogen (secondary N) is 1. The highest BCUT2D eigenvalue weighted by molar-refractivity contribution is 7.92. The number of benzene rings is 2. The van der Waals surface area contributed by atoms with Crippen LogP contribution < -0.4 is 23.8 Å². The van der Waals surface area contributed by atoms with Crippen molar-refractivity contribution < 1.29 is 27.4 Å². The molecule has 9 heteroatoms. The molecule has 1 aliphatic heterocycles. The van der Waals surface area contributed by atoms with Gasteiger partial charge in [-0.15, -0.1) is 0 Å². The van der Waals surface area contributed by atoms with Crippen LogP contribution in [0.3, 0.4) is 0 Å². The van der Waals surface area contributed by atoms with Gasteiger partial charge in [0.05, 0.1) is 24.6 Å². The summed E-state index contributed by atoms with van der Waals surface area (Å²) in [6.45, 7) is 6.98. The van der Waals surface area contributed by atoms with E-state index in [-0.39, 0.29) is 11.9 Å². The maximum atomic E-state index is 13.2. The Kier molecular flexibility index (Phi) is 7.50. The summed E-state index contributed by atoms with van der Waals surface area (Å²) in [6.07, 6.45) is 1.41. The van der Waals surface area contributed by atoms with Crippen LogP contribution in [0.2, 0.25) is 0 Å². The van der Waals surface area contributed by atoms with E-state index in [1.807, 2.05) is 32.0 Å². The Morgan fingerprint density at radius 3 is 2.34 bits per heavy atom. The molecule has 0 saturated heterocycles. The van der Waals surface area contributed by atoms with Crippen LogP contribution >= 0.6 is 0 Å². The van der Waals surface area contributed by atoms with Gasteiger partial charge in [-0.3, -0.25) is 9.10 Å². The van der Waals surface area contributed by atoms with Crippen molar-refractivity contribution in [3.05, 3.63) is 48.0 Å². The van der Waals surface area contributed by atoms with Crippen LogP contribution in [0, 0.1) is 0 Å². The van der Waals surface area contributed by atoms with Crippen molar-refractivity contribution in [2.75, 3.05) is 30.4 Å². The summed E-state index contributed by atoms with van der Waals surface area (Å²) in [6, 6.07) is 10.9. The number of nitrogens with zero attached hydrogens (tertiary/aromatic N) is 1. The van der Waals surface area contributed by atoms with Gasteiger partial charge in [-0.1, -0.05) is 13.0 Å². The molecule has 1 aliphatic rings. The second-order valence-electron chi connectivity index (χ2n) is 7.54. The molecular weight excluding hydrogens is 432 g/mol. The monoisotopic (exact) mass is 462 g/mol. The number of rotatable bonds is 9. The van der Waals surface area contributed by atoms with Crippen LogP contribution in [0.4, 0.5) is 5.69 Å². The van der Waals surface area contributed by atoms with Crippen molar-refractivity contribution in [3.8, 4) is 17.2 Å². The fraction of sp³-hybridized carbons (Fsp3) is 0.435.